The smallest absolute Gasteiger partial charge is 0.155 e. The van der Waals surface area contributed by atoms with Crippen LogP contribution in [0, 0.1) is 6.92 Å². The maximum absolute atomic E-state index is 4.42. The molecule has 3 heterocycles. The molecule has 0 aliphatic rings. The molecule has 0 aliphatic heterocycles. The van der Waals surface area contributed by atoms with Crippen molar-refractivity contribution >= 4 is 32.8 Å². The van der Waals surface area contributed by atoms with E-state index in [-0.39, 0.29) is 0 Å². The zero-order valence-corrected chi connectivity index (χ0v) is 12.4. The summed E-state index contributed by atoms with van der Waals surface area (Å²) in [6, 6.07) is 10.6. The molecule has 4 rings (SSSR count). The molecule has 5 heteroatoms. The number of anilines is 1. The van der Waals surface area contributed by atoms with E-state index >= 15 is 0 Å². The van der Waals surface area contributed by atoms with Crippen LogP contribution in [0.4, 0.5) is 5.69 Å². The Labute approximate surface area is 126 Å². The van der Waals surface area contributed by atoms with E-state index < -0.39 is 0 Å². The van der Waals surface area contributed by atoms with Crippen LogP contribution >= 0.6 is 11.3 Å². The average Bonchev–Trinajstić information content (AvgIpc) is 3.08. The molecule has 21 heavy (non-hydrogen) atoms. The summed E-state index contributed by atoms with van der Waals surface area (Å²) in [5.74, 6) is 0. The summed E-state index contributed by atoms with van der Waals surface area (Å²) in [4.78, 5) is 4.42. The highest BCUT2D eigenvalue weighted by Crippen LogP contribution is 2.24. The van der Waals surface area contributed by atoms with Crippen LogP contribution in [0.5, 0.6) is 0 Å². The van der Waals surface area contributed by atoms with Gasteiger partial charge in [-0.25, -0.2) is 9.50 Å². The molecule has 104 valence electrons. The number of nitrogens with zero attached hydrogens (tertiary/aromatic N) is 3. The van der Waals surface area contributed by atoms with Gasteiger partial charge < -0.3 is 5.32 Å². The van der Waals surface area contributed by atoms with Gasteiger partial charge in [0.05, 0.1) is 5.69 Å². The third-order valence-corrected chi connectivity index (χ3v) is 4.34. The normalized spacial score (nSPS) is 11.3. The number of rotatable bonds is 3. The van der Waals surface area contributed by atoms with Crippen LogP contribution in [0.1, 0.15) is 11.3 Å². The number of hydrogen-bond donors (Lipinski definition) is 1. The van der Waals surface area contributed by atoms with Crippen LogP contribution in [-0.2, 0) is 6.54 Å². The van der Waals surface area contributed by atoms with Gasteiger partial charge in [-0.1, -0.05) is 0 Å². The van der Waals surface area contributed by atoms with Crippen LogP contribution in [0.25, 0.3) is 15.7 Å². The molecule has 0 bridgehead atoms. The third-order valence-electron chi connectivity index (χ3n) is 3.44. The van der Waals surface area contributed by atoms with Crippen molar-refractivity contribution in [3.05, 3.63) is 59.4 Å². The topological polar surface area (TPSA) is 42.2 Å². The Morgan fingerprint density at radius 1 is 1.24 bits per heavy atom. The zero-order chi connectivity index (χ0) is 14.2. The van der Waals surface area contributed by atoms with E-state index in [4.69, 9.17) is 0 Å². The Balaban J connectivity index is 1.56. The Morgan fingerprint density at radius 2 is 2.19 bits per heavy atom. The lowest BCUT2D eigenvalue weighted by Gasteiger charge is -2.06. The van der Waals surface area contributed by atoms with Crippen molar-refractivity contribution < 1.29 is 0 Å². The first-order valence-electron chi connectivity index (χ1n) is 6.80. The Bertz CT molecular complexity index is 922. The molecule has 0 fully saturated rings. The van der Waals surface area contributed by atoms with E-state index in [9.17, 15) is 0 Å². The van der Waals surface area contributed by atoms with E-state index in [1.54, 1.807) is 11.3 Å². The van der Waals surface area contributed by atoms with Gasteiger partial charge >= 0.3 is 0 Å². The van der Waals surface area contributed by atoms with Crippen LogP contribution in [0.2, 0.25) is 0 Å². The first-order chi connectivity index (χ1) is 10.3. The molecule has 4 nitrogen and oxygen atoms in total. The average molecular weight is 294 g/mol. The lowest BCUT2D eigenvalue weighted by molar-refractivity contribution is 0.895. The molecule has 0 amide bonds. The summed E-state index contributed by atoms with van der Waals surface area (Å²) in [5, 5.41) is 11.2. The van der Waals surface area contributed by atoms with Gasteiger partial charge in [0.25, 0.3) is 0 Å². The Hall–Kier alpha value is -2.40. The van der Waals surface area contributed by atoms with Crippen molar-refractivity contribution in [2.75, 3.05) is 5.32 Å². The second-order valence-electron chi connectivity index (χ2n) is 5.08. The quantitative estimate of drug-likeness (QED) is 0.624. The van der Waals surface area contributed by atoms with Crippen LogP contribution in [0.15, 0.2) is 48.1 Å². The Morgan fingerprint density at radius 3 is 3.14 bits per heavy atom. The molecule has 0 saturated heterocycles. The molecule has 0 unspecified atom stereocenters. The first-order valence-corrected chi connectivity index (χ1v) is 7.68. The van der Waals surface area contributed by atoms with Crippen LogP contribution in [-0.4, -0.2) is 14.6 Å². The van der Waals surface area contributed by atoms with Crippen molar-refractivity contribution in [1.29, 1.82) is 0 Å². The minimum atomic E-state index is 0.734. The van der Waals surface area contributed by atoms with E-state index in [2.05, 4.69) is 45.0 Å². The largest absolute Gasteiger partial charge is 0.381 e. The zero-order valence-electron chi connectivity index (χ0n) is 11.6. The standard InChI is InChI=1S/C16H14N4S/c1-11-6-16-18-9-12(10-20(16)19-11)8-17-14-2-3-15-13(7-14)4-5-21-15/h2-7,9-10,17H,8H2,1H3. The summed E-state index contributed by atoms with van der Waals surface area (Å²) in [5.41, 5.74) is 4.10. The SMILES string of the molecule is Cc1cc2ncc(CNc3ccc4sccc4c3)cn2n1. The van der Waals surface area contributed by atoms with Gasteiger partial charge in [-0.2, -0.15) is 5.10 Å². The summed E-state index contributed by atoms with van der Waals surface area (Å²) in [6.07, 6.45) is 3.91. The fourth-order valence-electron chi connectivity index (χ4n) is 2.41. The van der Waals surface area contributed by atoms with E-state index in [0.29, 0.717) is 0 Å². The van der Waals surface area contributed by atoms with Crippen molar-refractivity contribution in [2.45, 2.75) is 13.5 Å². The first kappa shape index (κ1) is 12.3. The molecule has 0 saturated carbocycles. The van der Waals surface area contributed by atoms with Crippen LogP contribution in [0.3, 0.4) is 0 Å². The monoisotopic (exact) mass is 294 g/mol. The second kappa shape index (κ2) is 4.86. The number of benzene rings is 1. The molecule has 0 atom stereocenters. The van der Waals surface area contributed by atoms with Gasteiger partial charge in [0.1, 0.15) is 0 Å². The fourth-order valence-corrected chi connectivity index (χ4v) is 3.18. The molecule has 3 aromatic heterocycles. The summed E-state index contributed by atoms with van der Waals surface area (Å²) < 4.78 is 3.14. The number of thiophene rings is 1. The molecule has 0 radical (unpaired) electrons. The third kappa shape index (κ3) is 2.36. The molecule has 0 spiro atoms. The summed E-state index contributed by atoms with van der Waals surface area (Å²) in [7, 11) is 0. The van der Waals surface area contributed by atoms with Crippen molar-refractivity contribution in [3.8, 4) is 0 Å². The van der Waals surface area contributed by atoms with E-state index in [0.717, 1.165) is 29.1 Å². The van der Waals surface area contributed by atoms with Crippen LogP contribution < -0.4 is 5.32 Å². The Kier molecular flexibility index (Phi) is 2.86. The minimum absolute atomic E-state index is 0.734. The van der Waals surface area contributed by atoms with Gasteiger partial charge in [0.15, 0.2) is 5.65 Å². The van der Waals surface area contributed by atoms with Crippen molar-refractivity contribution in [3.63, 3.8) is 0 Å². The highest BCUT2D eigenvalue weighted by molar-refractivity contribution is 7.17. The molecule has 0 aliphatic carbocycles. The number of aryl methyl sites for hydroxylation is 1. The van der Waals surface area contributed by atoms with Gasteiger partial charge in [0, 0.05) is 41.0 Å². The van der Waals surface area contributed by atoms with Gasteiger partial charge in [0.2, 0.25) is 0 Å². The summed E-state index contributed by atoms with van der Waals surface area (Å²) >= 11 is 1.76. The predicted molar refractivity (Wildman–Crippen MR) is 86.9 cm³/mol. The number of fused-ring (bicyclic) bond motifs is 2. The highest BCUT2D eigenvalue weighted by Gasteiger charge is 2.02. The van der Waals surface area contributed by atoms with Gasteiger partial charge in [-0.15, -0.1) is 11.3 Å². The maximum atomic E-state index is 4.42. The highest BCUT2D eigenvalue weighted by atomic mass is 32.1. The molecule has 4 aromatic rings. The van der Waals surface area contributed by atoms with Gasteiger partial charge in [-0.05, 0) is 42.0 Å². The maximum Gasteiger partial charge on any atom is 0.155 e. The van der Waals surface area contributed by atoms with Crippen molar-refractivity contribution in [2.24, 2.45) is 0 Å². The predicted octanol–water partition coefficient (Wildman–Crippen LogP) is 3.86. The second-order valence-corrected chi connectivity index (χ2v) is 6.03. The molecule has 1 aromatic carbocycles. The number of aromatic nitrogens is 3. The fraction of sp³-hybridized carbons (Fsp3) is 0.125. The molecular formula is C16H14N4S. The number of nitrogens with one attached hydrogen (secondary N) is 1. The van der Waals surface area contributed by atoms with E-state index in [1.807, 2.05) is 29.9 Å². The van der Waals surface area contributed by atoms with Gasteiger partial charge in [-0.3, -0.25) is 0 Å². The minimum Gasteiger partial charge on any atom is -0.381 e. The summed E-state index contributed by atoms with van der Waals surface area (Å²) in [6.45, 7) is 2.71. The molecule has 1 N–H and O–H groups in total. The van der Waals surface area contributed by atoms with Crippen molar-refractivity contribution in [1.82, 2.24) is 14.6 Å². The lowest BCUT2D eigenvalue weighted by atomic mass is 10.2. The lowest BCUT2D eigenvalue weighted by Crippen LogP contribution is -2.02. The van der Waals surface area contributed by atoms with E-state index in [1.165, 1.54) is 10.1 Å². The number of hydrogen-bond acceptors (Lipinski definition) is 4. The molecular weight excluding hydrogens is 280 g/mol.